The van der Waals surface area contributed by atoms with Crippen LogP contribution in [0.1, 0.15) is 11.3 Å². The summed E-state index contributed by atoms with van der Waals surface area (Å²) in [7, 11) is 0. The summed E-state index contributed by atoms with van der Waals surface area (Å²) in [5.74, 6) is -1.54. The largest absolute Gasteiger partial charge is 0.574 e. The molecule has 19 heavy (non-hydrogen) atoms. The second-order valence-electron chi connectivity index (χ2n) is 3.26. The van der Waals surface area contributed by atoms with Crippen molar-refractivity contribution in [1.29, 1.82) is 0 Å². The molecule has 0 aliphatic heterocycles. The molecule has 0 N–H and O–H groups in total. The highest BCUT2D eigenvalue weighted by Gasteiger charge is 2.40. The maximum Gasteiger partial charge on any atom is 0.574 e. The van der Waals surface area contributed by atoms with Gasteiger partial charge in [-0.2, -0.15) is 13.2 Å². The van der Waals surface area contributed by atoms with E-state index >= 15 is 0 Å². The van der Waals surface area contributed by atoms with Gasteiger partial charge in [0.15, 0.2) is 5.69 Å². The number of aromatic nitrogens is 1. The van der Waals surface area contributed by atoms with Crippen LogP contribution in [0.5, 0.6) is 5.88 Å². The molecule has 1 aromatic heterocycles. The summed E-state index contributed by atoms with van der Waals surface area (Å²) in [6.45, 7) is 0.728. The lowest BCUT2D eigenvalue weighted by molar-refractivity contribution is -0.386. The van der Waals surface area contributed by atoms with E-state index in [1.54, 1.807) is 0 Å². The average Bonchev–Trinajstić information content (AvgIpc) is 2.16. The van der Waals surface area contributed by atoms with Gasteiger partial charge in [0.1, 0.15) is 0 Å². The standard InChI is InChI=1S/C8H4F6N2O3/c1-3-4(16(17)18)2-5(19-8(12,13)14)15-6(3)7(9,10)11/h2H,1H3. The first kappa shape index (κ1) is 15.0. The molecule has 0 saturated carbocycles. The van der Waals surface area contributed by atoms with Crippen LogP contribution in [-0.4, -0.2) is 16.3 Å². The van der Waals surface area contributed by atoms with E-state index in [0.717, 1.165) is 6.92 Å². The van der Waals surface area contributed by atoms with E-state index in [0.29, 0.717) is 0 Å². The molecule has 1 aromatic rings. The van der Waals surface area contributed by atoms with Crippen molar-refractivity contribution in [1.82, 2.24) is 4.98 Å². The molecule has 11 heteroatoms. The van der Waals surface area contributed by atoms with Crippen LogP contribution in [0.2, 0.25) is 0 Å². The number of rotatable bonds is 2. The third kappa shape index (κ3) is 3.69. The number of alkyl halides is 6. The molecule has 0 spiro atoms. The predicted molar refractivity (Wildman–Crippen MR) is 47.3 cm³/mol. The average molecular weight is 290 g/mol. The third-order valence-electron chi connectivity index (χ3n) is 1.91. The van der Waals surface area contributed by atoms with Crippen LogP contribution in [-0.2, 0) is 6.18 Å². The lowest BCUT2D eigenvalue weighted by Crippen LogP contribution is -2.20. The second kappa shape index (κ2) is 4.55. The zero-order valence-corrected chi connectivity index (χ0v) is 8.96. The zero-order valence-electron chi connectivity index (χ0n) is 8.96. The molecule has 0 radical (unpaired) electrons. The Morgan fingerprint density at radius 2 is 1.79 bits per heavy atom. The van der Waals surface area contributed by atoms with Gasteiger partial charge >= 0.3 is 12.5 Å². The Morgan fingerprint density at radius 1 is 1.26 bits per heavy atom. The Kier molecular flexibility index (Phi) is 3.59. The summed E-state index contributed by atoms with van der Waals surface area (Å²) >= 11 is 0. The molecule has 0 unspecified atom stereocenters. The van der Waals surface area contributed by atoms with Gasteiger partial charge in [-0.25, -0.2) is 4.98 Å². The summed E-state index contributed by atoms with van der Waals surface area (Å²) in [5, 5.41) is 10.5. The summed E-state index contributed by atoms with van der Waals surface area (Å²) in [5.41, 5.74) is -3.87. The molecule has 0 aromatic carbocycles. The minimum atomic E-state index is -5.31. The van der Waals surface area contributed by atoms with Crippen LogP contribution >= 0.6 is 0 Å². The molecule has 0 amide bonds. The highest BCUT2D eigenvalue weighted by atomic mass is 19.4. The van der Waals surface area contributed by atoms with Gasteiger partial charge < -0.3 is 4.74 Å². The Labute approximate surface area is 101 Å². The lowest BCUT2D eigenvalue weighted by atomic mass is 10.1. The molecule has 5 nitrogen and oxygen atoms in total. The molecular weight excluding hydrogens is 286 g/mol. The van der Waals surface area contributed by atoms with Crippen molar-refractivity contribution < 1.29 is 36.0 Å². The smallest absolute Gasteiger partial charge is 0.388 e. The number of nitrogens with zero attached hydrogens (tertiary/aromatic N) is 2. The van der Waals surface area contributed by atoms with Crippen molar-refractivity contribution in [2.24, 2.45) is 0 Å². The van der Waals surface area contributed by atoms with Crippen molar-refractivity contribution >= 4 is 5.69 Å². The van der Waals surface area contributed by atoms with Crippen LogP contribution in [0.4, 0.5) is 32.0 Å². The van der Waals surface area contributed by atoms with Gasteiger partial charge in [0.05, 0.1) is 16.6 Å². The van der Waals surface area contributed by atoms with Gasteiger partial charge in [-0.1, -0.05) is 0 Å². The van der Waals surface area contributed by atoms with Crippen LogP contribution < -0.4 is 4.74 Å². The van der Waals surface area contributed by atoms with E-state index in [9.17, 15) is 36.5 Å². The van der Waals surface area contributed by atoms with Gasteiger partial charge in [0.25, 0.3) is 5.69 Å². The minimum Gasteiger partial charge on any atom is -0.388 e. The van der Waals surface area contributed by atoms with Crippen molar-refractivity contribution in [2.45, 2.75) is 19.5 Å². The maximum absolute atomic E-state index is 12.5. The number of halogens is 6. The molecule has 0 fully saturated rings. The van der Waals surface area contributed by atoms with Crippen molar-refractivity contribution in [2.75, 3.05) is 0 Å². The molecule has 0 saturated heterocycles. The van der Waals surface area contributed by atoms with Gasteiger partial charge in [-0.15, -0.1) is 13.2 Å². The summed E-state index contributed by atoms with van der Waals surface area (Å²) < 4.78 is 76.3. The first-order valence-electron chi connectivity index (χ1n) is 4.41. The maximum atomic E-state index is 12.5. The topological polar surface area (TPSA) is 65.3 Å². The van der Waals surface area contributed by atoms with Crippen molar-refractivity contribution in [3.8, 4) is 5.88 Å². The number of hydrogen-bond donors (Lipinski definition) is 0. The first-order valence-corrected chi connectivity index (χ1v) is 4.41. The lowest BCUT2D eigenvalue weighted by Gasteiger charge is -2.13. The Bertz CT molecular complexity index is 510. The minimum absolute atomic E-state index is 0.179. The Hall–Kier alpha value is -2.07. The van der Waals surface area contributed by atoms with Crippen LogP contribution in [0.3, 0.4) is 0 Å². The molecule has 106 valence electrons. The van der Waals surface area contributed by atoms with Crippen LogP contribution in [0.15, 0.2) is 6.07 Å². The predicted octanol–water partition coefficient (Wildman–Crippen LogP) is 3.22. The number of nitro groups is 1. The van der Waals surface area contributed by atoms with E-state index in [4.69, 9.17) is 0 Å². The van der Waals surface area contributed by atoms with E-state index < -0.39 is 40.3 Å². The fourth-order valence-electron chi connectivity index (χ4n) is 1.21. The highest BCUT2D eigenvalue weighted by Crippen LogP contribution is 2.37. The Morgan fingerprint density at radius 3 is 2.16 bits per heavy atom. The summed E-state index contributed by atoms with van der Waals surface area (Å²) in [6.07, 6.45) is -10.4. The van der Waals surface area contributed by atoms with Crippen molar-refractivity contribution in [3.05, 3.63) is 27.4 Å². The molecule has 1 heterocycles. The third-order valence-corrected chi connectivity index (χ3v) is 1.91. The summed E-state index contributed by atoms with van der Waals surface area (Å²) in [4.78, 5) is 11.8. The van der Waals surface area contributed by atoms with E-state index in [1.165, 1.54) is 0 Å². The van der Waals surface area contributed by atoms with Crippen LogP contribution in [0, 0.1) is 17.0 Å². The molecular formula is C8H4F6N2O3. The SMILES string of the molecule is Cc1c([N+](=O)[O-])cc(OC(F)(F)F)nc1C(F)(F)F. The number of hydrogen-bond acceptors (Lipinski definition) is 4. The van der Waals surface area contributed by atoms with Gasteiger partial charge in [-0.3, -0.25) is 10.1 Å². The van der Waals surface area contributed by atoms with Gasteiger partial charge in [0.2, 0.25) is 5.88 Å². The molecule has 0 aliphatic rings. The zero-order chi connectivity index (χ0) is 15.0. The molecule has 1 rings (SSSR count). The monoisotopic (exact) mass is 290 g/mol. The second-order valence-corrected chi connectivity index (χ2v) is 3.26. The van der Waals surface area contributed by atoms with E-state index in [-0.39, 0.29) is 6.07 Å². The quantitative estimate of drug-likeness (QED) is 0.476. The summed E-state index contributed by atoms with van der Waals surface area (Å²) in [6, 6.07) is 0.179. The van der Waals surface area contributed by atoms with Gasteiger partial charge in [-0.05, 0) is 6.92 Å². The normalized spacial score (nSPS) is 12.4. The first-order chi connectivity index (χ1) is 8.42. The van der Waals surface area contributed by atoms with E-state index in [2.05, 4.69) is 9.72 Å². The van der Waals surface area contributed by atoms with Crippen molar-refractivity contribution in [3.63, 3.8) is 0 Å². The van der Waals surface area contributed by atoms with Crippen LogP contribution in [0.25, 0.3) is 0 Å². The molecule has 0 atom stereocenters. The molecule has 0 bridgehead atoms. The fourth-order valence-corrected chi connectivity index (χ4v) is 1.21. The highest BCUT2D eigenvalue weighted by molar-refractivity contribution is 5.46. The number of ether oxygens (including phenoxy) is 1. The fraction of sp³-hybridized carbons (Fsp3) is 0.375. The van der Waals surface area contributed by atoms with Gasteiger partial charge in [0, 0.05) is 0 Å². The van der Waals surface area contributed by atoms with E-state index in [1.807, 2.05) is 0 Å². The Balaban J connectivity index is 3.44. The molecule has 0 aliphatic carbocycles. The number of pyridine rings is 1.